The first-order valence-electron chi connectivity index (χ1n) is 7.20. The van der Waals surface area contributed by atoms with Crippen LogP contribution in [0.1, 0.15) is 71.1 Å². The zero-order chi connectivity index (χ0) is 13.9. The summed E-state index contributed by atoms with van der Waals surface area (Å²) in [5.41, 5.74) is 3.64. The largest absolute Gasteiger partial charge is 0.396 e. The molecule has 4 heteroatoms. The predicted molar refractivity (Wildman–Crippen MR) is 73.1 cm³/mol. The first-order valence-corrected chi connectivity index (χ1v) is 7.20. The minimum atomic E-state index is -1.52. The summed E-state index contributed by atoms with van der Waals surface area (Å²) in [4.78, 5) is 11.1. The summed E-state index contributed by atoms with van der Waals surface area (Å²) in [5, 5.41) is 18.7. The molecule has 0 aliphatic rings. The lowest BCUT2D eigenvalue weighted by Crippen LogP contribution is -2.44. The molecule has 0 heterocycles. The van der Waals surface area contributed by atoms with Crippen LogP contribution in [0.15, 0.2) is 0 Å². The Bertz CT molecular complexity index is 221. The lowest BCUT2D eigenvalue weighted by Gasteiger charge is -2.23. The third kappa shape index (κ3) is 7.67. The molecule has 0 aromatic rings. The second-order valence-corrected chi connectivity index (χ2v) is 5.09. The number of primary amides is 1. The SMILES string of the molecule is CCCCCCCCCCC(O)(CCO)C(N)=O. The van der Waals surface area contributed by atoms with Crippen LogP contribution < -0.4 is 5.73 Å². The topological polar surface area (TPSA) is 83.6 Å². The van der Waals surface area contributed by atoms with Crippen LogP contribution in [0, 0.1) is 0 Å². The highest BCUT2D eigenvalue weighted by atomic mass is 16.3. The summed E-state index contributed by atoms with van der Waals surface area (Å²) in [7, 11) is 0. The van der Waals surface area contributed by atoms with Crippen molar-refractivity contribution in [1.82, 2.24) is 0 Å². The molecule has 1 unspecified atom stereocenters. The Morgan fingerprint density at radius 2 is 1.50 bits per heavy atom. The fraction of sp³-hybridized carbons (Fsp3) is 0.929. The number of aliphatic hydroxyl groups is 2. The van der Waals surface area contributed by atoms with Gasteiger partial charge in [-0.05, 0) is 6.42 Å². The minimum absolute atomic E-state index is 0.0405. The van der Waals surface area contributed by atoms with Gasteiger partial charge in [-0.15, -0.1) is 0 Å². The van der Waals surface area contributed by atoms with Gasteiger partial charge in [-0.3, -0.25) is 4.79 Å². The molecule has 0 saturated heterocycles. The third-order valence-corrected chi connectivity index (χ3v) is 3.43. The van der Waals surface area contributed by atoms with Crippen molar-refractivity contribution < 1.29 is 15.0 Å². The molecular formula is C14H29NO3. The number of hydrogen-bond acceptors (Lipinski definition) is 3. The summed E-state index contributed by atoms with van der Waals surface area (Å²) in [6.45, 7) is 1.99. The first kappa shape index (κ1) is 17.4. The first-order chi connectivity index (χ1) is 8.56. The highest BCUT2D eigenvalue weighted by molar-refractivity contribution is 5.83. The summed E-state index contributed by atoms with van der Waals surface area (Å²) in [5.74, 6) is -0.723. The van der Waals surface area contributed by atoms with Crippen molar-refractivity contribution in [3.63, 3.8) is 0 Å². The second-order valence-electron chi connectivity index (χ2n) is 5.09. The summed E-state index contributed by atoms with van der Waals surface area (Å²) >= 11 is 0. The van der Waals surface area contributed by atoms with Gasteiger partial charge < -0.3 is 15.9 Å². The Morgan fingerprint density at radius 1 is 1.00 bits per heavy atom. The zero-order valence-corrected chi connectivity index (χ0v) is 11.7. The van der Waals surface area contributed by atoms with Crippen LogP contribution in [-0.4, -0.2) is 28.3 Å². The van der Waals surface area contributed by atoms with Crippen LogP contribution >= 0.6 is 0 Å². The standard InChI is InChI=1S/C14H29NO3/c1-2-3-4-5-6-7-8-9-10-14(18,11-12-16)13(15)17/h16,18H,2-12H2,1H3,(H2,15,17). The molecule has 1 amide bonds. The van der Waals surface area contributed by atoms with E-state index in [0.29, 0.717) is 6.42 Å². The van der Waals surface area contributed by atoms with Gasteiger partial charge in [-0.25, -0.2) is 0 Å². The average Bonchev–Trinajstić information content (AvgIpc) is 2.33. The van der Waals surface area contributed by atoms with Crippen LogP contribution in [0.5, 0.6) is 0 Å². The molecule has 0 spiro atoms. The quantitative estimate of drug-likeness (QED) is 0.469. The van der Waals surface area contributed by atoms with E-state index < -0.39 is 11.5 Å². The van der Waals surface area contributed by atoms with Gasteiger partial charge in [0.1, 0.15) is 5.60 Å². The van der Waals surface area contributed by atoms with Gasteiger partial charge in [0, 0.05) is 13.0 Å². The Balaban J connectivity index is 3.59. The van der Waals surface area contributed by atoms with E-state index in [9.17, 15) is 9.90 Å². The molecule has 0 fully saturated rings. The molecule has 4 N–H and O–H groups in total. The highest BCUT2D eigenvalue weighted by Crippen LogP contribution is 2.19. The fourth-order valence-electron chi connectivity index (χ4n) is 2.11. The minimum Gasteiger partial charge on any atom is -0.396 e. The third-order valence-electron chi connectivity index (χ3n) is 3.43. The number of aliphatic hydroxyl groups excluding tert-OH is 1. The van der Waals surface area contributed by atoms with Crippen LogP contribution in [0.2, 0.25) is 0 Å². The number of carbonyl (C=O) groups excluding carboxylic acids is 1. The molecule has 0 aromatic heterocycles. The van der Waals surface area contributed by atoms with Crippen molar-refractivity contribution in [2.24, 2.45) is 5.73 Å². The Morgan fingerprint density at radius 3 is 1.94 bits per heavy atom. The number of carbonyl (C=O) groups is 1. The van der Waals surface area contributed by atoms with Crippen molar-refractivity contribution in [1.29, 1.82) is 0 Å². The normalized spacial score (nSPS) is 14.4. The number of hydrogen-bond donors (Lipinski definition) is 3. The molecule has 0 aromatic carbocycles. The van der Waals surface area contributed by atoms with E-state index in [1.165, 1.54) is 32.1 Å². The van der Waals surface area contributed by atoms with Gasteiger partial charge in [0.25, 0.3) is 0 Å². The molecule has 18 heavy (non-hydrogen) atoms. The number of unbranched alkanes of at least 4 members (excludes halogenated alkanes) is 7. The van der Waals surface area contributed by atoms with Crippen molar-refractivity contribution in [3.8, 4) is 0 Å². The highest BCUT2D eigenvalue weighted by Gasteiger charge is 2.32. The zero-order valence-electron chi connectivity index (χ0n) is 11.7. The van der Waals surface area contributed by atoms with Crippen LogP contribution in [0.25, 0.3) is 0 Å². The molecule has 0 rings (SSSR count). The molecule has 0 bridgehead atoms. The molecule has 0 saturated carbocycles. The van der Waals surface area contributed by atoms with E-state index in [1.807, 2.05) is 0 Å². The molecule has 0 aliphatic heterocycles. The van der Waals surface area contributed by atoms with Crippen molar-refractivity contribution in [2.75, 3.05) is 6.61 Å². The monoisotopic (exact) mass is 259 g/mol. The maximum absolute atomic E-state index is 11.1. The molecule has 1 atom stereocenters. The maximum atomic E-state index is 11.1. The molecule has 108 valence electrons. The van der Waals surface area contributed by atoms with Gasteiger partial charge in [-0.2, -0.15) is 0 Å². The molecule has 4 nitrogen and oxygen atoms in total. The number of rotatable bonds is 12. The predicted octanol–water partition coefficient (Wildman–Crippen LogP) is 2.12. The maximum Gasteiger partial charge on any atom is 0.249 e. The summed E-state index contributed by atoms with van der Waals surface area (Å²) < 4.78 is 0. The lowest BCUT2D eigenvalue weighted by molar-refractivity contribution is -0.138. The van der Waals surface area contributed by atoms with E-state index in [1.54, 1.807) is 0 Å². The van der Waals surface area contributed by atoms with Crippen LogP contribution in [-0.2, 0) is 4.79 Å². The van der Waals surface area contributed by atoms with Crippen molar-refractivity contribution in [3.05, 3.63) is 0 Å². The van der Waals surface area contributed by atoms with Crippen LogP contribution in [0.4, 0.5) is 0 Å². The van der Waals surface area contributed by atoms with Crippen molar-refractivity contribution in [2.45, 2.75) is 76.7 Å². The molecule has 0 radical (unpaired) electrons. The van der Waals surface area contributed by atoms with Gasteiger partial charge in [0.2, 0.25) is 5.91 Å². The Hall–Kier alpha value is -0.610. The van der Waals surface area contributed by atoms with Gasteiger partial charge in [0.05, 0.1) is 0 Å². The van der Waals surface area contributed by atoms with E-state index in [4.69, 9.17) is 10.8 Å². The van der Waals surface area contributed by atoms with E-state index in [2.05, 4.69) is 6.92 Å². The van der Waals surface area contributed by atoms with Crippen molar-refractivity contribution >= 4 is 5.91 Å². The van der Waals surface area contributed by atoms with E-state index >= 15 is 0 Å². The van der Waals surface area contributed by atoms with E-state index in [0.717, 1.165) is 19.3 Å². The van der Waals surface area contributed by atoms with E-state index in [-0.39, 0.29) is 13.0 Å². The number of amides is 1. The molecular weight excluding hydrogens is 230 g/mol. The second kappa shape index (κ2) is 10.3. The van der Waals surface area contributed by atoms with Gasteiger partial charge >= 0.3 is 0 Å². The van der Waals surface area contributed by atoms with Crippen LogP contribution in [0.3, 0.4) is 0 Å². The fourth-order valence-corrected chi connectivity index (χ4v) is 2.11. The smallest absolute Gasteiger partial charge is 0.249 e. The Kier molecular flexibility index (Phi) is 9.98. The lowest BCUT2D eigenvalue weighted by atomic mass is 9.92. The number of nitrogens with two attached hydrogens (primary N) is 1. The summed E-state index contributed by atoms with van der Waals surface area (Å²) in [6, 6.07) is 0. The van der Waals surface area contributed by atoms with Gasteiger partial charge in [-0.1, -0.05) is 58.3 Å². The Labute approximate surface area is 111 Å². The average molecular weight is 259 g/mol. The molecule has 0 aliphatic carbocycles. The summed E-state index contributed by atoms with van der Waals surface area (Å²) in [6.07, 6.45) is 9.67. The van der Waals surface area contributed by atoms with Gasteiger partial charge in [0.15, 0.2) is 0 Å².